The fourth-order valence-electron chi connectivity index (χ4n) is 1.87. The monoisotopic (exact) mass is 210 g/mol. The predicted octanol–water partition coefficient (Wildman–Crippen LogP) is 2.08. The highest BCUT2D eigenvalue weighted by Gasteiger charge is 2.24. The van der Waals surface area contributed by atoms with Gasteiger partial charge < -0.3 is 9.73 Å². The van der Waals surface area contributed by atoms with Gasteiger partial charge in [0.1, 0.15) is 10.7 Å². The van der Waals surface area contributed by atoms with E-state index in [0.717, 1.165) is 5.92 Å². The van der Waals surface area contributed by atoms with Gasteiger partial charge >= 0.3 is 5.88 Å². The summed E-state index contributed by atoms with van der Waals surface area (Å²) < 4.78 is 5.03. The van der Waals surface area contributed by atoms with Gasteiger partial charge in [0.2, 0.25) is 0 Å². The average Bonchev–Trinajstić information content (AvgIpc) is 2.59. The number of hydrogen-bond acceptors (Lipinski definition) is 4. The molecule has 82 valence electrons. The first-order chi connectivity index (χ1) is 7.15. The van der Waals surface area contributed by atoms with Gasteiger partial charge in [0.05, 0.1) is 12.6 Å². The molecule has 0 spiro atoms. The largest absolute Gasteiger partial charge is 0.433 e. The number of nitrogens with zero attached hydrogens (tertiary/aromatic N) is 1. The van der Waals surface area contributed by atoms with E-state index >= 15 is 0 Å². The van der Waals surface area contributed by atoms with Crippen molar-refractivity contribution in [2.24, 2.45) is 5.92 Å². The van der Waals surface area contributed by atoms with Crippen LogP contribution < -0.4 is 5.32 Å². The molecule has 0 aromatic carbocycles. The zero-order valence-electron chi connectivity index (χ0n) is 8.60. The lowest BCUT2D eigenvalue weighted by Crippen LogP contribution is -2.39. The first-order valence-electron chi connectivity index (χ1n) is 5.11. The summed E-state index contributed by atoms with van der Waals surface area (Å²) in [5.74, 6) is 1.24. The minimum Gasteiger partial charge on any atom is -0.404 e. The predicted molar refractivity (Wildman–Crippen MR) is 54.4 cm³/mol. The molecule has 1 N–H and O–H groups in total. The van der Waals surface area contributed by atoms with E-state index in [1.54, 1.807) is 6.07 Å². The van der Waals surface area contributed by atoms with E-state index in [-0.39, 0.29) is 5.88 Å². The highest BCUT2D eigenvalue weighted by Crippen LogP contribution is 2.26. The molecule has 0 amide bonds. The number of furan rings is 1. The average molecular weight is 210 g/mol. The van der Waals surface area contributed by atoms with Crippen LogP contribution in [-0.4, -0.2) is 11.0 Å². The second-order valence-corrected chi connectivity index (χ2v) is 4.15. The van der Waals surface area contributed by atoms with Crippen LogP contribution in [0.2, 0.25) is 0 Å². The number of nitro groups is 1. The quantitative estimate of drug-likeness (QED) is 0.610. The summed E-state index contributed by atoms with van der Waals surface area (Å²) in [5, 5.41) is 13.7. The summed E-state index contributed by atoms with van der Waals surface area (Å²) in [5.41, 5.74) is 0. The van der Waals surface area contributed by atoms with Crippen molar-refractivity contribution in [3.63, 3.8) is 0 Å². The van der Waals surface area contributed by atoms with E-state index in [1.165, 1.54) is 18.9 Å². The molecule has 0 saturated heterocycles. The first-order valence-corrected chi connectivity index (χ1v) is 5.11. The Morgan fingerprint density at radius 2 is 2.33 bits per heavy atom. The molecule has 1 heterocycles. The van der Waals surface area contributed by atoms with Gasteiger partial charge in [0.25, 0.3) is 0 Å². The minimum absolute atomic E-state index is 0.186. The van der Waals surface area contributed by atoms with Crippen molar-refractivity contribution in [1.29, 1.82) is 0 Å². The molecule has 1 aromatic rings. The summed E-state index contributed by atoms with van der Waals surface area (Å²) >= 11 is 0. The minimum atomic E-state index is -0.519. The zero-order valence-corrected chi connectivity index (χ0v) is 8.60. The van der Waals surface area contributed by atoms with Crippen LogP contribution in [0.3, 0.4) is 0 Å². The molecule has 1 fully saturated rings. The molecule has 0 atom stereocenters. The van der Waals surface area contributed by atoms with Gasteiger partial charge in [0.15, 0.2) is 0 Å². The fourth-order valence-corrected chi connectivity index (χ4v) is 1.87. The molecule has 1 saturated carbocycles. The maximum absolute atomic E-state index is 10.4. The van der Waals surface area contributed by atoms with Gasteiger partial charge in [-0.25, -0.2) is 0 Å². The molecule has 1 aliphatic carbocycles. The molecular weight excluding hydrogens is 196 g/mol. The van der Waals surface area contributed by atoms with Crippen molar-refractivity contribution in [2.45, 2.75) is 32.4 Å². The highest BCUT2D eigenvalue weighted by molar-refractivity contribution is 5.17. The van der Waals surface area contributed by atoms with Gasteiger partial charge in [0, 0.05) is 6.04 Å². The van der Waals surface area contributed by atoms with E-state index in [4.69, 9.17) is 4.42 Å². The molecule has 5 heteroatoms. The third-order valence-electron chi connectivity index (χ3n) is 2.77. The number of rotatable bonds is 4. The van der Waals surface area contributed by atoms with Crippen molar-refractivity contribution < 1.29 is 9.34 Å². The normalized spacial score (nSPS) is 24.9. The summed E-state index contributed by atoms with van der Waals surface area (Å²) in [6.07, 6.45) is 2.37. The summed E-state index contributed by atoms with van der Waals surface area (Å²) in [4.78, 5) is 9.84. The van der Waals surface area contributed by atoms with E-state index < -0.39 is 4.92 Å². The molecule has 2 rings (SSSR count). The SMILES string of the molecule is CC1CC(NCc2ccc([N+](=O)[O-])o2)C1. The Labute approximate surface area is 87.6 Å². The van der Waals surface area contributed by atoms with Crippen LogP contribution in [-0.2, 0) is 6.54 Å². The lowest BCUT2D eigenvalue weighted by molar-refractivity contribution is -0.402. The first kappa shape index (κ1) is 10.2. The van der Waals surface area contributed by atoms with Crippen molar-refractivity contribution in [3.8, 4) is 0 Å². The van der Waals surface area contributed by atoms with Crippen molar-refractivity contribution in [3.05, 3.63) is 28.0 Å². The van der Waals surface area contributed by atoms with Gasteiger partial charge in [-0.2, -0.15) is 0 Å². The zero-order chi connectivity index (χ0) is 10.8. The molecule has 15 heavy (non-hydrogen) atoms. The van der Waals surface area contributed by atoms with Gasteiger partial charge in [-0.3, -0.25) is 10.1 Å². The van der Waals surface area contributed by atoms with Gasteiger partial charge in [-0.15, -0.1) is 0 Å². The molecule has 0 bridgehead atoms. The van der Waals surface area contributed by atoms with E-state index in [1.807, 2.05) is 0 Å². The Kier molecular flexibility index (Phi) is 2.73. The lowest BCUT2D eigenvalue weighted by atomic mass is 9.82. The molecule has 1 aromatic heterocycles. The Hall–Kier alpha value is -1.36. The van der Waals surface area contributed by atoms with Crippen molar-refractivity contribution in [2.75, 3.05) is 0 Å². The van der Waals surface area contributed by atoms with Crippen LogP contribution in [0.15, 0.2) is 16.5 Å². The third-order valence-corrected chi connectivity index (χ3v) is 2.77. The smallest absolute Gasteiger partial charge is 0.404 e. The van der Waals surface area contributed by atoms with Crippen LogP contribution >= 0.6 is 0 Å². The van der Waals surface area contributed by atoms with E-state index in [2.05, 4.69) is 12.2 Å². The Morgan fingerprint density at radius 3 is 2.87 bits per heavy atom. The Balaban J connectivity index is 1.81. The molecular formula is C10H14N2O3. The standard InChI is InChI=1S/C10H14N2O3/c1-7-4-8(5-7)11-6-9-2-3-10(15-9)12(13)14/h2-3,7-8,11H,4-6H2,1H3. The Morgan fingerprint density at radius 1 is 1.60 bits per heavy atom. The fraction of sp³-hybridized carbons (Fsp3) is 0.600. The second-order valence-electron chi connectivity index (χ2n) is 4.15. The Bertz CT molecular complexity index is 355. The third kappa shape index (κ3) is 2.36. The van der Waals surface area contributed by atoms with E-state index in [0.29, 0.717) is 18.3 Å². The van der Waals surface area contributed by atoms with Crippen LogP contribution in [0, 0.1) is 16.0 Å². The molecule has 1 aliphatic rings. The van der Waals surface area contributed by atoms with Crippen LogP contribution in [0.1, 0.15) is 25.5 Å². The molecule has 0 radical (unpaired) electrons. The lowest BCUT2D eigenvalue weighted by Gasteiger charge is -2.33. The molecule has 5 nitrogen and oxygen atoms in total. The number of nitrogens with one attached hydrogen (secondary N) is 1. The van der Waals surface area contributed by atoms with Crippen molar-refractivity contribution >= 4 is 5.88 Å². The van der Waals surface area contributed by atoms with Crippen molar-refractivity contribution in [1.82, 2.24) is 5.32 Å². The molecule has 0 aliphatic heterocycles. The molecule has 0 unspecified atom stereocenters. The summed E-state index contributed by atoms with van der Waals surface area (Å²) in [6.45, 7) is 2.79. The second kappa shape index (κ2) is 4.02. The highest BCUT2D eigenvalue weighted by atomic mass is 16.6. The maximum atomic E-state index is 10.4. The van der Waals surface area contributed by atoms with Gasteiger partial charge in [-0.05, 0) is 24.8 Å². The van der Waals surface area contributed by atoms with E-state index in [9.17, 15) is 10.1 Å². The van der Waals surface area contributed by atoms with Crippen LogP contribution in [0.5, 0.6) is 0 Å². The van der Waals surface area contributed by atoms with Gasteiger partial charge in [-0.1, -0.05) is 6.92 Å². The summed E-state index contributed by atoms with van der Waals surface area (Å²) in [6, 6.07) is 3.58. The van der Waals surface area contributed by atoms with Crippen LogP contribution in [0.4, 0.5) is 5.88 Å². The number of hydrogen-bond donors (Lipinski definition) is 1. The maximum Gasteiger partial charge on any atom is 0.433 e. The van der Waals surface area contributed by atoms with Crippen LogP contribution in [0.25, 0.3) is 0 Å². The topological polar surface area (TPSA) is 68.3 Å². The summed E-state index contributed by atoms with van der Waals surface area (Å²) in [7, 11) is 0.